The van der Waals surface area contributed by atoms with Crippen LogP contribution in [0, 0.1) is 5.92 Å². The van der Waals surface area contributed by atoms with Crippen LogP contribution in [0.5, 0.6) is 0 Å². The average molecular weight is 682 g/mol. The van der Waals surface area contributed by atoms with Crippen molar-refractivity contribution in [1.29, 1.82) is 0 Å². The summed E-state index contributed by atoms with van der Waals surface area (Å²) < 4.78 is 0. The molecule has 7 N–H and O–H groups in total. The molecule has 0 aliphatic rings. The minimum atomic E-state index is -0.686. The second-order valence-electron chi connectivity index (χ2n) is 11.7. The van der Waals surface area contributed by atoms with E-state index in [1.807, 2.05) is 19.0 Å². The maximum Gasteiger partial charge on any atom is 0.223 e. The van der Waals surface area contributed by atoms with Gasteiger partial charge in [0.1, 0.15) is 0 Å². The molecule has 0 saturated carbocycles. The van der Waals surface area contributed by atoms with Crippen LogP contribution in [-0.2, 0) is 19.2 Å². The number of nitrogens with zero attached hydrogens (tertiary/aromatic N) is 1. The first-order chi connectivity index (χ1) is 20.9. The van der Waals surface area contributed by atoms with Crippen molar-refractivity contribution in [2.45, 2.75) is 108 Å². The van der Waals surface area contributed by atoms with Gasteiger partial charge in [-0.2, -0.15) is 12.6 Å². The Kier molecular flexibility index (Phi) is 25.7. The van der Waals surface area contributed by atoms with Gasteiger partial charge in [0.2, 0.25) is 11.8 Å². The van der Waals surface area contributed by atoms with E-state index < -0.39 is 12.1 Å². The van der Waals surface area contributed by atoms with E-state index in [0.717, 1.165) is 38.6 Å². The lowest BCUT2D eigenvalue weighted by Crippen LogP contribution is -2.44. The summed E-state index contributed by atoms with van der Waals surface area (Å²) in [6.07, 6.45) is 7.97. The molecule has 0 aliphatic heterocycles. The number of nitrogens with one attached hydrogen (secondary N) is 3. The molecule has 256 valence electrons. The molecule has 0 aromatic carbocycles. The van der Waals surface area contributed by atoms with Crippen molar-refractivity contribution in [3.8, 4) is 0 Å². The van der Waals surface area contributed by atoms with Gasteiger partial charge in [0.15, 0.2) is 11.6 Å². The number of carbonyl (C=O) groups is 4. The molecule has 0 saturated heterocycles. The highest BCUT2D eigenvalue weighted by atomic mass is 35.5. The van der Waals surface area contributed by atoms with Crippen molar-refractivity contribution >= 4 is 59.2 Å². The van der Waals surface area contributed by atoms with Crippen LogP contribution < -0.4 is 27.4 Å². The van der Waals surface area contributed by atoms with Crippen molar-refractivity contribution in [3.63, 3.8) is 0 Å². The number of halogens is 2. The molecule has 2 amide bonds. The second-order valence-corrected chi connectivity index (χ2v) is 12.8. The minimum Gasteiger partial charge on any atom is -0.386 e. The van der Waals surface area contributed by atoms with Gasteiger partial charge in [0.05, 0.1) is 17.9 Å². The van der Waals surface area contributed by atoms with E-state index in [1.54, 1.807) is 0 Å². The molecule has 0 radical (unpaired) electrons. The van der Waals surface area contributed by atoms with Crippen molar-refractivity contribution in [3.05, 3.63) is 12.4 Å². The second kappa shape index (κ2) is 26.7. The number of nitrogens with two attached hydrogens (primary N) is 2. The number of Topliss-reactive ketones (excluding diaryl/α,β-unsaturated/α-hetero) is 2. The number of carbonyl (C=O) groups excluding carboxylic acids is 4. The Balaban J connectivity index is 5.56. The van der Waals surface area contributed by atoms with Gasteiger partial charge in [-0.3, -0.25) is 19.2 Å². The van der Waals surface area contributed by atoms with E-state index in [4.69, 9.17) is 34.7 Å². The minimum absolute atomic E-state index is 0.0352. The number of rotatable bonds is 29. The van der Waals surface area contributed by atoms with E-state index in [-0.39, 0.29) is 53.9 Å². The topological polar surface area (TPSA) is 160 Å². The highest BCUT2D eigenvalue weighted by molar-refractivity contribution is 7.80. The summed E-state index contributed by atoms with van der Waals surface area (Å²) in [5.41, 5.74) is 11.4. The van der Waals surface area contributed by atoms with Crippen LogP contribution >= 0.6 is 35.8 Å². The Hall–Kier alpha value is -1.53. The molecule has 0 fully saturated rings. The van der Waals surface area contributed by atoms with Gasteiger partial charge in [-0.15, -0.1) is 23.2 Å². The van der Waals surface area contributed by atoms with Crippen molar-refractivity contribution in [1.82, 2.24) is 20.9 Å². The molecule has 0 bridgehead atoms. The van der Waals surface area contributed by atoms with Gasteiger partial charge >= 0.3 is 0 Å². The molecule has 0 aromatic heterocycles. The third kappa shape index (κ3) is 22.1. The summed E-state index contributed by atoms with van der Waals surface area (Å²) in [6, 6.07) is -1.42. The SMILES string of the molecule is C=C(N)NCCC[C@@H](CC[C@@H](CCCCCl)NC(=O)CCC(=O)[C@@H](N)CS)C(=O)N[C@H](CCCCCl)C(=O)CCCN(C)C. The van der Waals surface area contributed by atoms with E-state index in [0.29, 0.717) is 69.1 Å². The Morgan fingerprint density at radius 3 is 2.07 bits per heavy atom. The van der Waals surface area contributed by atoms with E-state index in [9.17, 15) is 19.2 Å². The van der Waals surface area contributed by atoms with Gasteiger partial charge in [0.25, 0.3) is 0 Å². The largest absolute Gasteiger partial charge is 0.386 e. The monoisotopic (exact) mass is 680 g/mol. The molecule has 0 aromatic rings. The fourth-order valence-electron chi connectivity index (χ4n) is 4.79. The highest BCUT2D eigenvalue weighted by Crippen LogP contribution is 2.19. The first kappa shape index (κ1) is 42.5. The zero-order valence-electron chi connectivity index (χ0n) is 26.9. The molecule has 0 aliphatic carbocycles. The van der Waals surface area contributed by atoms with Crippen LogP contribution in [0.25, 0.3) is 0 Å². The summed E-state index contributed by atoms with van der Waals surface area (Å²) in [7, 11) is 3.93. The van der Waals surface area contributed by atoms with Gasteiger partial charge in [-0.25, -0.2) is 0 Å². The number of unbranched alkanes of at least 4 members (excludes halogenated alkanes) is 2. The lowest BCUT2D eigenvalue weighted by atomic mass is 9.91. The average Bonchev–Trinajstić information content (AvgIpc) is 2.97. The number of amides is 2. The Morgan fingerprint density at radius 2 is 1.48 bits per heavy atom. The van der Waals surface area contributed by atoms with Crippen LogP contribution in [0.4, 0.5) is 0 Å². The summed E-state index contributed by atoms with van der Waals surface area (Å²) in [5, 5.41) is 9.11. The molecular weight excluding hydrogens is 623 g/mol. The summed E-state index contributed by atoms with van der Waals surface area (Å²) in [5.74, 6) is 0.707. The van der Waals surface area contributed by atoms with E-state index >= 15 is 0 Å². The molecule has 0 rings (SSSR count). The number of hydrogen-bond acceptors (Lipinski definition) is 9. The van der Waals surface area contributed by atoms with Crippen LogP contribution in [0.3, 0.4) is 0 Å². The summed E-state index contributed by atoms with van der Waals surface area (Å²) in [6.45, 7) is 5.02. The fourth-order valence-corrected chi connectivity index (χ4v) is 5.38. The highest BCUT2D eigenvalue weighted by Gasteiger charge is 2.26. The van der Waals surface area contributed by atoms with Crippen LogP contribution in [0.1, 0.15) is 89.9 Å². The third-order valence-corrected chi connectivity index (χ3v) is 8.36. The Bertz CT molecular complexity index is 852. The lowest BCUT2D eigenvalue weighted by molar-refractivity contribution is -0.131. The summed E-state index contributed by atoms with van der Waals surface area (Å²) in [4.78, 5) is 53.6. The van der Waals surface area contributed by atoms with Gasteiger partial charge < -0.3 is 32.3 Å². The zero-order chi connectivity index (χ0) is 33.3. The van der Waals surface area contributed by atoms with Crippen LogP contribution in [-0.4, -0.2) is 91.1 Å². The zero-order valence-corrected chi connectivity index (χ0v) is 29.3. The van der Waals surface area contributed by atoms with Crippen molar-refractivity contribution in [2.24, 2.45) is 17.4 Å². The van der Waals surface area contributed by atoms with Crippen LogP contribution in [0.15, 0.2) is 12.4 Å². The quantitative estimate of drug-likeness (QED) is 0.0398. The fraction of sp³-hybridized carbons (Fsp3) is 0.806. The van der Waals surface area contributed by atoms with Gasteiger partial charge in [-0.1, -0.05) is 13.0 Å². The smallest absolute Gasteiger partial charge is 0.223 e. The molecule has 0 heterocycles. The van der Waals surface area contributed by atoms with Crippen LogP contribution in [0.2, 0.25) is 0 Å². The molecular formula is C31H58Cl2N6O4S. The van der Waals surface area contributed by atoms with E-state index in [1.165, 1.54) is 0 Å². The first-order valence-electron chi connectivity index (χ1n) is 15.9. The van der Waals surface area contributed by atoms with Crippen molar-refractivity contribution < 1.29 is 19.2 Å². The first-order valence-corrected chi connectivity index (χ1v) is 17.6. The Labute approximate surface area is 280 Å². The number of ketones is 2. The van der Waals surface area contributed by atoms with Crippen molar-refractivity contribution in [2.75, 3.05) is 44.7 Å². The number of alkyl halides is 2. The lowest BCUT2D eigenvalue weighted by Gasteiger charge is -2.25. The molecule has 0 spiro atoms. The molecule has 44 heavy (non-hydrogen) atoms. The molecule has 13 heteroatoms. The third-order valence-electron chi connectivity index (χ3n) is 7.44. The predicted octanol–water partition coefficient (Wildman–Crippen LogP) is 3.49. The number of thiol groups is 1. The molecule has 4 atom stereocenters. The van der Waals surface area contributed by atoms with E-state index in [2.05, 4.69) is 35.2 Å². The van der Waals surface area contributed by atoms with Gasteiger partial charge in [0, 0.05) is 55.3 Å². The maximum atomic E-state index is 13.6. The normalized spacial score (nSPS) is 14.0. The standard InChI is InChI=1S/C31H58Cl2N6O4S/c1-23(34)36-20-8-10-24(31(43)38-27(12-5-7-19-33)29(41)13-9-21-39(2)3)14-15-25(11-4-6-18-32)37-30(42)17-16-28(40)26(35)22-44/h24-27,36,44H,1,4-22,34-35H2,2-3H3,(H,37,42)(H,38,43)/t24-,25+,26-,27+/m0/s1. The molecule has 10 nitrogen and oxygen atoms in total. The Morgan fingerprint density at radius 1 is 0.818 bits per heavy atom. The maximum absolute atomic E-state index is 13.6. The number of hydrogen-bond donors (Lipinski definition) is 6. The van der Waals surface area contributed by atoms with Gasteiger partial charge in [-0.05, 0) is 84.8 Å². The predicted molar refractivity (Wildman–Crippen MR) is 185 cm³/mol. The molecule has 0 unspecified atom stereocenters. The summed E-state index contributed by atoms with van der Waals surface area (Å²) >= 11 is 15.8.